The molecule has 8 heteroatoms. The third-order valence-corrected chi connectivity index (χ3v) is 5.10. The van der Waals surface area contributed by atoms with Crippen molar-refractivity contribution in [3.63, 3.8) is 0 Å². The molecule has 0 amide bonds. The molecule has 0 aliphatic carbocycles. The molecule has 0 saturated carbocycles. The number of carbonyl (C=O) groups is 1. The summed E-state index contributed by atoms with van der Waals surface area (Å²) in [7, 11) is 1.33. The maximum Gasteiger partial charge on any atom is 0.337 e. The average molecular weight is 398 g/mol. The number of nitrogens with zero attached hydrogens (tertiary/aromatic N) is 3. The van der Waals surface area contributed by atoms with E-state index in [0.29, 0.717) is 25.9 Å². The predicted molar refractivity (Wildman–Crippen MR) is 104 cm³/mol. The molecule has 0 radical (unpaired) electrons. The topological polar surface area (TPSA) is 73.6 Å². The number of rotatable bonds is 3. The van der Waals surface area contributed by atoms with Crippen molar-refractivity contribution in [1.82, 2.24) is 14.6 Å². The highest BCUT2D eigenvalue weighted by Crippen LogP contribution is 2.19. The molecule has 6 nitrogen and oxygen atoms in total. The predicted octanol–water partition coefficient (Wildman–Crippen LogP) is 2.81. The van der Waals surface area contributed by atoms with Crippen molar-refractivity contribution in [2.24, 2.45) is 0 Å². The molecule has 0 aliphatic rings. The van der Waals surface area contributed by atoms with Crippen LogP contribution in [0.15, 0.2) is 53.3 Å². The van der Waals surface area contributed by atoms with Gasteiger partial charge in [-0.1, -0.05) is 35.1 Å². The first-order chi connectivity index (χ1) is 13.0. The van der Waals surface area contributed by atoms with Crippen LogP contribution >= 0.6 is 22.9 Å². The Morgan fingerprint density at radius 2 is 2.00 bits per heavy atom. The molecule has 0 spiro atoms. The van der Waals surface area contributed by atoms with Gasteiger partial charge in [-0.05, 0) is 48.0 Å². The van der Waals surface area contributed by atoms with Crippen molar-refractivity contribution in [2.45, 2.75) is 0 Å². The van der Waals surface area contributed by atoms with Gasteiger partial charge in [0.25, 0.3) is 5.56 Å². The van der Waals surface area contributed by atoms with Gasteiger partial charge in [0.1, 0.15) is 0 Å². The summed E-state index contributed by atoms with van der Waals surface area (Å²) >= 11 is 7.13. The molecule has 2 aromatic heterocycles. The number of aromatic nitrogens is 3. The maximum absolute atomic E-state index is 12.6. The van der Waals surface area contributed by atoms with E-state index in [1.165, 1.54) is 23.0 Å². The summed E-state index contributed by atoms with van der Waals surface area (Å²) in [4.78, 5) is 29.2. The normalized spacial score (nSPS) is 11.9. The van der Waals surface area contributed by atoms with E-state index in [-0.39, 0.29) is 5.56 Å². The fourth-order valence-corrected chi connectivity index (χ4v) is 3.61. The first-order valence-electron chi connectivity index (χ1n) is 7.91. The van der Waals surface area contributed by atoms with E-state index in [1.54, 1.807) is 54.6 Å². The molecular weight excluding hydrogens is 386 g/mol. The molecule has 0 atom stereocenters. The number of hydrogen-bond donors (Lipinski definition) is 0. The number of carbonyl (C=O) groups excluding carboxylic acids is 1. The smallest absolute Gasteiger partial charge is 0.337 e. The van der Waals surface area contributed by atoms with Gasteiger partial charge < -0.3 is 4.74 Å². The van der Waals surface area contributed by atoms with Crippen LogP contribution in [0, 0.1) is 0 Å². The minimum absolute atomic E-state index is 0.258. The van der Waals surface area contributed by atoms with Crippen molar-refractivity contribution < 1.29 is 9.53 Å². The van der Waals surface area contributed by atoms with Gasteiger partial charge in [0.05, 0.1) is 17.2 Å². The van der Waals surface area contributed by atoms with Gasteiger partial charge >= 0.3 is 5.97 Å². The van der Waals surface area contributed by atoms with Crippen LogP contribution < -0.4 is 10.1 Å². The number of methoxy groups -OCH3 is 1. The molecule has 0 bridgehead atoms. The zero-order chi connectivity index (χ0) is 19.0. The van der Waals surface area contributed by atoms with Crippen LogP contribution in [0.3, 0.4) is 0 Å². The summed E-state index contributed by atoms with van der Waals surface area (Å²) in [5, 5.41) is 4.92. The number of hydrogen-bond acceptors (Lipinski definition) is 6. The monoisotopic (exact) mass is 397 g/mol. The summed E-state index contributed by atoms with van der Waals surface area (Å²) in [6.45, 7) is 0. The molecule has 4 aromatic rings. The fourth-order valence-electron chi connectivity index (χ4n) is 2.58. The molecule has 0 N–H and O–H groups in total. The number of fused-ring (bicyclic) bond motifs is 1. The lowest BCUT2D eigenvalue weighted by atomic mass is 10.1. The summed E-state index contributed by atoms with van der Waals surface area (Å²) in [5.74, 6) is 0.0390. The minimum Gasteiger partial charge on any atom is -0.465 e. The molecule has 0 aliphatic heterocycles. The molecule has 2 aromatic carbocycles. The molecular formula is C19H12ClN3O3S. The maximum atomic E-state index is 12.6. The van der Waals surface area contributed by atoms with Crippen LogP contribution in [-0.2, 0) is 4.74 Å². The van der Waals surface area contributed by atoms with Crippen molar-refractivity contribution >= 4 is 39.9 Å². The number of halogens is 1. The average Bonchev–Trinajstić information content (AvgIpc) is 3.22. The zero-order valence-corrected chi connectivity index (χ0v) is 15.6. The molecule has 27 heavy (non-hydrogen) atoms. The van der Waals surface area contributed by atoms with Crippen molar-refractivity contribution in [3.05, 3.63) is 79.6 Å². The standard InChI is InChI=1S/C19H12ClN3O3S/c1-26-18(25)13-4-2-3-11(9-13)10-15-17(24)23-19(27-15)21-16(22-23)12-5-7-14(20)8-6-12/h2-10H,1H3/b15-10+. The van der Waals surface area contributed by atoms with Gasteiger partial charge in [0.15, 0.2) is 5.82 Å². The Labute approximate surface area is 162 Å². The summed E-state index contributed by atoms with van der Waals surface area (Å²) in [6.07, 6.45) is 1.71. The van der Waals surface area contributed by atoms with Crippen LogP contribution in [0.2, 0.25) is 5.02 Å². The van der Waals surface area contributed by atoms with Crippen LogP contribution in [0.1, 0.15) is 15.9 Å². The largest absolute Gasteiger partial charge is 0.465 e. The summed E-state index contributed by atoms with van der Waals surface area (Å²) < 4.78 is 6.48. The van der Waals surface area contributed by atoms with Crippen LogP contribution in [-0.4, -0.2) is 27.7 Å². The van der Waals surface area contributed by atoms with Gasteiger partial charge in [-0.15, -0.1) is 5.10 Å². The fraction of sp³-hybridized carbons (Fsp3) is 0.0526. The SMILES string of the molecule is COC(=O)c1cccc(/C=c2/sc3nc(-c4ccc(Cl)cc4)nn3c2=O)c1. The molecule has 0 saturated heterocycles. The van der Waals surface area contributed by atoms with E-state index in [0.717, 1.165) is 11.1 Å². The quantitative estimate of drug-likeness (QED) is 0.497. The third kappa shape index (κ3) is 3.34. The Morgan fingerprint density at radius 1 is 1.22 bits per heavy atom. The molecule has 2 heterocycles. The van der Waals surface area contributed by atoms with Gasteiger partial charge in [-0.2, -0.15) is 9.50 Å². The highest BCUT2D eigenvalue weighted by molar-refractivity contribution is 7.15. The van der Waals surface area contributed by atoms with Crippen molar-refractivity contribution in [3.8, 4) is 11.4 Å². The Hall–Kier alpha value is -3.03. The summed E-state index contributed by atoms with van der Waals surface area (Å²) in [6, 6.07) is 14.0. The molecule has 4 rings (SSSR count). The Morgan fingerprint density at radius 3 is 2.70 bits per heavy atom. The number of esters is 1. The molecule has 134 valence electrons. The second-order valence-corrected chi connectivity index (χ2v) is 7.12. The lowest BCUT2D eigenvalue weighted by Gasteiger charge is -1.99. The minimum atomic E-state index is -0.428. The van der Waals surface area contributed by atoms with Crippen molar-refractivity contribution in [2.75, 3.05) is 7.11 Å². The Balaban J connectivity index is 1.76. The number of thiazole rings is 1. The zero-order valence-electron chi connectivity index (χ0n) is 14.0. The van der Waals surface area contributed by atoms with E-state index in [2.05, 4.69) is 10.1 Å². The van der Waals surface area contributed by atoms with Crippen LogP contribution in [0.5, 0.6) is 0 Å². The van der Waals surface area contributed by atoms with Crippen LogP contribution in [0.4, 0.5) is 0 Å². The highest BCUT2D eigenvalue weighted by Gasteiger charge is 2.12. The van der Waals surface area contributed by atoms with Gasteiger partial charge in [0.2, 0.25) is 4.96 Å². The van der Waals surface area contributed by atoms with Gasteiger partial charge in [-0.25, -0.2) is 4.79 Å². The second-order valence-electron chi connectivity index (χ2n) is 5.67. The Bertz CT molecular complexity index is 1260. The first-order valence-corrected chi connectivity index (χ1v) is 9.10. The third-order valence-electron chi connectivity index (χ3n) is 3.89. The van der Waals surface area contributed by atoms with E-state index in [9.17, 15) is 9.59 Å². The van der Waals surface area contributed by atoms with Crippen LogP contribution in [0.25, 0.3) is 22.4 Å². The second kappa shape index (κ2) is 6.94. The Kier molecular flexibility index (Phi) is 4.47. The lowest BCUT2D eigenvalue weighted by Crippen LogP contribution is -2.23. The molecule has 0 fully saturated rings. The van der Waals surface area contributed by atoms with Gasteiger partial charge in [0, 0.05) is 10.6 Å². The van der Waals surface area contributed by atoms with E-state index in [1.807, 2.05) is 0 Å². The number of ether oxygens (including phenoxy) is 1. The summed E-state index contributed by atoms with van der Waals surface area (Å²) in [5.41, 5.74) is 1.66. The molecule has 0 unspecified atom stereocenters. The highest BCUT2D eigenvalue weighted by atomic mass is 35.5. The van der Waals surface area contributed by atoms with E-state index < -0.39 is 5.97 Å². The van der Waals surface area contributed by atoms with Gasteiger partial charge in [-0.3, -0.25) is 4.79 Å². The lowest BCUT2D eigenvalue weighted by molar-refractivity contribution is 0.0600. The van der Waals surface area contributed by atoms with E-state index >= 15 is 0 Å². The van der Waals surface area contributed by atoms with E-state index in [4.69, 9.17) is 16.3 Å². The number of benzene rings is 2. The first kappa shape index (κ1) is 17.4. The van der Waals surface area contributed by atoms with Crippen molar-refractivity contribution in [1.29, 1.82) is 0 Å².